The summed E-state index contributed by atoms with van der Waals surface area (Å²) in [6.07, 6.45) is 1.01. The number of benzene rings is 2. The maximum absolute atomic E-state index is 12.5. The molecular weight excluding hydrogens is 406 g/mol. The van der Waals surface area contributed by atoms with Crippen LogP contribution in [0, 0.1) is 13.8 Å². The van der Waals surface area contributed by atoms with Crippen LogP contribution in [-0.2, 0) is 17.8 Å². The zero-order valence-corrected chi connectivity index (χ0v) is 19.2. The predicted octanol–water partition coefficient (Wildman–Crippen LogP) is 4.41. The molecule has 31 heavy (non-hydrogen) atoms. The highest BCUT2D eigenvalue weighted by Gasteiger charge is 2.18. The van der Waals surface area contributed by atoms with Gasteiger partial charge in [-0.05, 0) is 43.5 Å². The summed E-state index contributed by atoms with van der Waals surface area (Å²) in [6, 6.07) is 16.6. The van der Waals surface area contributed by atoms with Gasteiger partial charge in [-0.1, -0.05) is 60.2 Å². The van der Waals surface area contributed by atoms with E-state index in [4.69, 9.17) is 4.98 Å². The number of anilines is 1. The van der Waals surface area contributed by atoms with Gasteiger partial charge >= 0.3 is 0 Å². The van der Waals surface area contributed by atoms with E-state index in [0.29, 0.717) is 6.54 Å². The molecule has 4 rings (SSSR count). The fraction of sp³-hybridized carbons (Fsp3) is 0.292. The molecule has 0 aliphatic rings. The van der Waals surface area contributed by atoms with E-state index in [1.807, 2.05) is 35.7 Å². The van der Waals surface area contributed by atoms with Gasteiger partial charge in [0.2, 0.25) is 5.91 Å². The highest BCUT2D eigenvalue weighted by Crippen LogP contribution is 2.32. The number of nitrogens with zero attached hydrogens (tertiary/aromatic N) is 4. The molecule has 0 aliphatic carbocycles. The lowest BCUT2D eigenvalue weighted by Crippen LogP contribution is -2.34. The Morgan fingerprint density at radius 1 is 1.06 bits per heavy atom. The number of rotatable bonds is 7. The number of amides is 1. The van der Waals surface area contributed by atoms with Crippen LogP contribution in [0.25, 0.3) is 16.0 Å². The normalized spacial score (nSPS) is 11.1. The van der Waals surface area contributed by atoms with E-state index < -0.39 is 0 Å². The number of thiazole rings is 1. The Hall–Kier alpha value is -3.19. The summed E-state index contributed by atoms with van der Waals surface area (Å²) in [5, 5.41) is 8.45. The minimum atomic E-state index is -0.0294. The highest BCUT2D eigenvalue weighted by molar-refractivity contribution is 7.22. The fourth-order valence-electron chi connectivity index (χ4n) is 3.38. The predicted molar refractivity (Wildman–Crippen MR) is 127 cm³/mol. The number of nitrogens with one attached hydrogen (secondary N) is 1. The number of carbonyl (C=O) groups is 1. The van der Waals surface area contributed by atoms with E-state index in [1.165, 1.54) is 11.1 Å². The third kappa shape index (κ3) is 4.61. The van der Waals surface area contributed by atoms with Crippen LogP contribution < -0.4 is 10.2 Å². The van der Waals surface area contributed by atoms with Gasteiger partial charge < -0.3 is 10.2 Å². The molecule has 6 nitrogen and oxygen atoms in total. The number of aromatic nitrogens is 3. The van der Waals surface area contributed by atoms with Crippen LogP contribution in [0.5, 0.6) is 0 Å². The monoisotopic (exact) mass is 433 g/mol. The van der Waals surface area contributed by atoms with Gasteiger partial charge in [0.1, 0.15) is 0 Å². The molecule has 7 heteroatoms. The first-order valence-electron chi connectivity index (χ1n) is 10.4. The minimum absolute atomic E-state index is 0.0294. The average Bonchev–Trinajstić information content (AvgIpc) is 3.34. The molecule has 0 bridgehead atoms. The van der Waals surface area contributed by atoms with Crippen molar-refractivity contribution in [2.24, 2.45) is 0 Å². The maximum Gasteiger partial charge on any atom is 0.239 e. The van der Waals surface area contributed by atoms with Gasteiger partial charge in [-0.2, -0.15) is 10.1 Å². The molecule has 1 amide bonds. The van der Waals surface area contributed by atoms with Gasteiger partial charge in [0.05, 0.1) is 22.6 Å². The first-order chi connectivity index (χ1) is 14.9. The van der Waals surface area contributed by atoms with E-state index in [9.17, 15) is 4.79 Å². The largest absolute Gasteiger partial charge is 0.350 e. The van der Waals surface area contributed by atoms with Crippen LogP contribution in [0.15, 0.2) is 48.5 Å². The Morgan fingerprint density at radius 2 is 1.74 bits per heavy atom. The second kappa shape index (κ2) is 8.89. The Kier molecular flexibility index (Phi) is 6.04. The molecule has 0 spiro atoms. The second-order valence-electron chi connectivity index (χ2n) is 7.78. The van der Waals surface area contributed by atoms with Crippen LogP contribution in [0.3, 0.4) is 0 Å². The zero-order chi connectivity index (χ0) is 22.0. The highest BCUT2D eigenvalue weighted by atomic mass is 32.1. The molecule has 0 fully saturated rings. The number of aryl methyl sites for hydroxylation is 3. The smallest absolute Gasteiger partial charge is 0.239 e. The van der Waals surface area contributed by atoms with E-state index in [-0.39, 0.29) is 12.5 Å². The van der Waals surface area contributed by atoms with Crippen LogP contribution in [0.1, 0.15) is 29.3 Å². The van der Waals surface area contributed by atoms with Crippen molar-refractivity contribution in [3.8, 4) is 5.69 Å². The van der Waals surface area contributed by atoms with Crippen molar-refractivity contribution in [1.29, 1.82) is 0 Å². The van der Waals surface area contributed by atoms with Gasteiger partial charge in [0.15, 0.2) is 10.8 Å². The van der Waals surface area contributed by atoms with Crippen molar-refractivity contribution in [1.82, 2.24) is 20.1 Å². The van der Waals surface area contributed by atoms with Crippen molar-refractivity contribution in [2.45, 2.75) is 33.7 Å². The molecule has 0 atom stereocenters. The van der Waals surface area contributed by atoms with Gasteiger partial charge in [-0.3, -0.25) is 4.79 Å². The summed E-state index contributed by atoms with van der Waals surface area (Å²) in [5.74, 6) is -0.0294. The van der Waals surface area contributed by atoms with Crippen LogP contribution in [0.2, 0.25) is 0 Å². The minimum Gasteiger partial charge on any atom is -0.350 e. The Labute approximate surface area is 186 Å². The van der Waals surface area contributed by atoms with Crippen molar-refractivity contribution in [3.63, 3.8) is 0 Å². The number of hydrogen-bond acceptors (Lipinski definition) is 5. The molecule has 0 aliphatic heterocycles. The molecule has 2 aromatic heterocycles. The first kappa shape index (κ1) is 21.1. The molecule has 1 N–H and O–H groups in total. The summed E-state index contributed by atoms with van der Waals surface area (Å²) >= 11 is 1.56. The van der Waals surface area contributed by atoms with Crippen molar-refractivity contribution >= 4 is 32.7 Å². The lowest BCUT2D eigenvalue weighted by molar-refractivity contribution is -0.119. The lowest BCUT2D eigenvalue weighted by Gasteiger charge is -2.15. The van der Waals surface area contributed by atoms with Crippen molar-refractivity contribution in [2.75, 3.05) is 18.5 Å². The SMILES string of the molecule is CCc1ccc(CNC(=O)CN(C)c2nc3c(s2)c(C)nn3-c2ccc(C)cc2)cc1. The number of carbonyl (C=O) groups excluding carboxylic acids is 1. The lowest BCUT2D eigenvalue weighted by atomic mass is 10.1. The molecule has 2 heterocycles. The summed E-state index contributed by atoms with van der Waals surface area (Å²) < 4.78 is 2.91. The van der Waals surface area contributed by atoms with E-state index in [2.05, 4.69) is 60.7 Å². The van der Waals surface area contributed by atoms with Crippen LogP contribution in [0.4, 0.5) is 5.13 Å². The third-order valence-electron chi connectivity index (χ3n) is 5.28. The molecule has 0 saturated heterocycles. The molecule has 4 aromatic rings. The summed E-state index contributed by atoms with van der Waals surface area (Å²) in [6.45, 7) is 6.97. The van der Waals surface area contributed by atoms with E-state index in [1.54, 1.807) is 11.3 Å². The zero-order valence-electron chi connectivity index (χ0n) is 18.3. The number of likely N-dealkylation sites (N-methyl/N-ethyl adjacent to an activating group) is 1. The summed E-state index contributed by atoms with van der Waals surface area (Å²) in [4.78, 5) is 19.1. The van der Waals surface area contributed by atoms with Gasteiger partial charge in [0, 0.05) is 13.6 Å². The van der Waals surface area contributed by atoms with Crippen molar-refractivity contribution < 1.29 is 4.79 Å². The Morgan fingerprint density at radius 3 is 2.42 bits per heavy atom. The maximum atomic E-state index is 12.5. The first-order valence-corrected chi connectivity index (χ1v) is 11.2. The summed E-state index contributed by atoms with van der Waals surface area (Å²) in [5.41, 5.74) is 6.34. The number of fused-ring (bicyclic) bond motifs is 1. The second-order valence-corrected chi connectivity index (χ2v) is 8.76. The van der Waals surface area contributed by atoms with Gasteiger partial charge in [-0.15, -0.1) is 0 Å². The van der Waals surface area contributed by atoms with Gasteiger partial charge in [-0.25, -0.2) is 4.68 Å². The van der Waals surface area contributed by atoms with E-state index in [0.717, 1.165) is 38.8 Å². The van der Waals surface area contributed by atoms with Gasteiger partial charge in [0.25, 0.3) is 0 Å². The summed E-state index contributed by atoms with van der Waals surface area (Å²) in [7, 11) is 1.90. The molecule has 0 unspecified atom stereocenters. The number of hydrogen-bond donors (Lipinski definition) is 1. The third-order valence-corrected chi connectivity index (χ3v) is 6.55. The molecule has 0 saturated carbocycles. The quantitative estimate of drug-likeness (QED) is 0.469. The Bertz CT molecular complexity index is 1190. The average molecular weight is 434 g/mol. The topological polar surface area (TPSA) is 63.1 Å². The molecule has 160 valence electrons. The molecule has 0 radical (unpaired) electrons. The molecule has 2 aromatic carbocycles. The van der Waals surface area contributed by atoms with E-state index >= 15 is 0 Å². The van der Waals surface area contributed by atoms with Crippen LogP contribution in [-0.4, -0.2) is 34.3 Å². The Balaban J connectivity index is 1.44. The van der Waals surface area contributed by atoms with Crippen molar-refractivity contribution in [3.05, 3.63) is 70.9 Å². The fourth-order valence-corrected chi connectivity index (χ4v) is 4.33. The molecular formula is C24H27N5OS. The van der Waals surface area contributed by atoms with Crippen LogP contribution >= 0.6 is 11.3 Å². The standard InChI is InChI=1S/C24H27N5OS/c1-5-18-8-10-19(11-9-18)14-25-21(30)15-28(4)24-26-23-22(31-24)17(3)27-29(23)20-12-6-16(2)7-13-20/h6-13H,5,14-15H2,1-4H3,(H,25,30).